The molecule has 0 bridgehead atoms. The first-order valence-electron chi connectivity index (χ1n) is 6.11. The van der Waals surface area contributed by atoms with Crippen LogP contribution >= 0.6 is 0 Å². The second-order valence-electron chi connectivity index (χ2n) is 4.81. The van der Waals surface area contributed by atoms with Gasteiger partial charge in [0.1, 0.15) is 0 Å². The lowest BCUT2D eigenvalue weighted by atomic mass is 10.0. The maximum atomic E-state index is 3.33. The molecule has 0 radical (unpaired) electrons. The van der Waals surface area contributed by atoms with E-state index < -0.39 is 0 Å². The molecular weight excluding hydrogens is 172 g/mol. The van der Waals surface area contributed by atoms with Gasteiger partial charge >= 0.3 is 0 Å². The Morgan fingerprint density at radius 1 is 1.43 bits per heavy atom. The molecule has 1 aliphatic heterocycles. The summed E-state index contributed by atoms with van der Waals surface area (Å²) < 4.78 is 0. The van der Waals surface area contributed by atoms with E-state index in [-0.39, 0.29) is 0 Å². The number of hydrogen-bond acceptors (Lipinski definition) is 2. The van der Waals surface area contributed by atoms with Crippen molar-refractivity contribution >= 4 is 0 Å². The fourth-order valence-electron chi connectivity index (χ4n) is 2.68. The fourth-order valence-corrected chi connectivity index (χ4v) is 2.68. The molecule has 1 fully saturated rings. The molecule has 0 aromatic heterocycles. The van der Waals surface area contributed by atoms with Crippen molar-refractivity contribution < 1.29 is 0 Å². The van der Waals surface area contributed by atoms with Crippen molar-refractivity contribution in [1.82, 2.24) is 10.2 Å². The lowest BCUT2D eigenvalue weighted by Crippen LogP contribution is -2.47. The third kappa shape index (κ3) is 2.71. The minimum Gasteiger partial charge on any atom is -0.318 e. The minimum atomic E-state index is 0.729. The SMILES string of the molecule is CCC1CCCN1C(CNC)C(C)C. The van der Waals surface area contributed by atoms with Crippen LogP contribution in [0.4, 0.5) is 0 Å². The Hall–Kier alpha value is -0.0800. The Morgan fingerprint density at radius 2 is 2.14 bits per heavy atom. The van der Waals surface area contributed by atoms with Crippen LogP contribution < -0.4 is 5.32 Å². The smallest absolute Gasteiger partial charge is 0.0246 e. The van der Waals surface area contributed by atoms with Gasteiger partial charge in [-0.1, -0.05) is 20.8 Å². The zero-order valence-electron chi connectivity index (χ0n) is 10.2. The molecule has 2 unspecified atom stereocenters. The van der Waals surface area contributed by atoms with Gasteiger partial charge in [0.05, 0.1) is 0 Å². The Balaban J connectivity index is 2.57. The van der Waals surface area contributed by atoms with Crippen LogP contribution in [-0.4, -0.2) is 37.1 Å². The Morgan fingerprint density at radius 3 is 2.64 bits per heavy atom. The van der Waals surface area contributed by atoms with Crippen LogP contribution in [-0.2, 0) is 0 Å². The van der Waals surface area contributed by atoms with Crippen LogP contribution in [0.5, 0.6) is 0 Å². The van der Waals surface area contributed by atoms with Gasteiger partial charge in [0, 0.05) is 18.6 Å². The molecule has 0 aromatic rings. The van der Waals surface area contributed by atoms with Crippen molar-refractivity contribution in [3.05, 3.63) is 0 Å². The van der Waals surface area contributed by atoms with E-state index in [0.29, 0.717) is 0 Å². The number of rotatable bonds is 5. The van der Waals surface area contributed by atoms with E-state index in [2.05, 4.69) is 38.0 Å². The fraction of sp³-hybridized carbons (Fsp3) is 1.00. The van der Waals surface area contributed by atoms with Gasteiger partial charge in [-0.15, -0.1) is 0 Å². The standard InChI is InChI=1S/C12H26N2/c1-5-11-7-6-8-14(11)12(9-13-4)10(2)3/h10-13H,5-9H2,1-4H3. The van der Waals surface area contributed by atoms with Crippen molar-refractivity contribution in [3.63, 3.8) is 0 Å². The van der Waals surface area contributed by atoms with Crippen molar-refractivity contribution in [2.24, 2.45) is 5.92 Å². The molecule has 0 amide bonds. The second-order valence-corrected chi connectivity index (χ2v) is 4.81. The molecule has 0 aliphatic carbocycles. The maximum absolute atomic E-state index is 3.33. The largest absolute Gasteiger partial charge is 0.318 e. The molecule has 2 atom stereocenters. The van der Waals surface area contributed by atoms with Crippen molar-refractivity contribution in [2.75, 3.05) is 20.1 Å². The normalized spacial score (nSPS) is 25.9. The molecule has 1 N–H and O–H groups in total. The highest BCUT2D eigenvalue weighted by molar-refractivity contribution is 4.86. The van der Waals surface area contributed by atoms with Crippen LogP contribution in [0.15, 0.2) is 0 Å². The predicted octanol–water partition coefficient (Wildman–Crippen LogP) is 2.10. The monoisotopic (exact) mass is 198 g/mol. The second kappa shape index (κ2) is 5.72. The van der Waals surface area contributed by atoms with Crippen LogP contribution in [0.2, 0.25) is 0 Å². The maximum Gasteiger partial charge on any atom is 0.0246 e. The van der Waals surface area contributed by atoms with Crippen molar-refractivity contribution in [3.8, 4) is 0 Å². The van der Waals surface area contributed by atoms with Crippen LogP contribution in [0.3, 0.4) is 0 Å². The summed E-state index contributed by atoms with van der Waals surface area (Å²) in [6, 6.07) is 1.57. The number of hydrogen-bond donors (Lipinski definition) is 1. The Labute approximate surface area is 89.1 Å². The molecule has 0 saturated carbocycles. The van der Waals surface area contributed by atoms with Gasteiger partial charge in [0.2, 0.25) is 0 Å². The summed E-state index contributed by atoms with van der Waals surface area (Å²) in [5, 5.41) is 3.33. The molecule has 1 aliphatic rings. The van der Waals surface area contributed by atoms with Crippen molar-refractivity contribution in [2.45, 2.75) is 52.1 Å². The highest BCUT2D eigenvalue weighted by atomic mass is 15.2. The minimum absolute atomic E-state index is 0.729. The zero-order valence-corrected chi connectivity index (χ0v) is 10.2. The first-order chi connectivity index (χ1) is 6.70. The molecule has 14 heavy (non-hydrogen) atoms. The number of likely N-dealkylation sites (N-methyl/N-ethyl adjacent to an activating group) is 1. The average Bonchev–Trinajstić information content (AvgIpc) is 2.61. The van der Waals surface area contributed by atoms with Gasteiger partial charge in [-0.2, -0.15) is 0 Å². The molecule has 0 aromatic carbocycles. The van der Waals surface area contributed by atoms with Crippen LogP contribution in [0, 0.1) is 5.92 Å². The molecule has 1 saturated heterocycles. The molecule has 2 nitrogen and oxygen atoms in total. The van der Waals surface area contributed by atoms with Gasteiger partial charge in [-0.3, -0.25) is 4.90 Å². The summed E-state index contributed by atoms with van der Waals surface area (Å²) in [4.78, 5) is 2.72. The lowest BCUT2D eigenvalue weighted by Gasteiger charge is -2.35. The van der Waals surface area contributed by atoms with Crippen molar-refractivity contribution in [1.29, 1.82) is 0 Å². The summed E-state index contributed by atoms with van der Waals surface area (Å²) in [7, 11) is 2.06. The van der Waals surface area contributed by atoms with E-state index in [9.17, 15) is 0 Å². The summed E-state index contributed by atoms with van der Waals surface area (Å²) >= 11 is 0. The van der Waals surface area contributed by atoms with E-state index in [4.69, 9.17) is 0 Å². The summed E-state index contributed by atoms with van der Waals surface area (Å²) in [6.45, 7) is 9.44. The van der Waals surface area contributed by atoms with E-state index >= 15 is 0 Å². The summed E-state index contributed by atoms with van der Waals surface area (Å²) in [6.07, 6.45) is 4.11. The summed E-state index contributed by atoms with van der Waals surface area (Å²) in [5.41, 5.74) is 0. The first kappa shape index (κ1) is 12.0. The van der Waals surface area contributed by atoms with Gasteiger partial charge < -0.3 is 5.32 Å². The molecular formula is C12H26N2. The molecule has 84 valence electrons. The average molecular weight is 198 g/mol. The molecule has 2 heteroatoms. The number of likely N-dealkylation sites (tertiary alicyclic amines) is 1. The molecule has 0 spiro atoms. The third-order valence-electron chi connectivity index (χ3n) is 3.50. The van der Waals surface area contributed by atoms with E-state index in [1.807, 2.05) is 0 Å². The number of nitrogens with one attached hydrogen (secondary N) is 1. The topological polar surface area (TPSA) is 15.3 Å². The first-order valence-corrected chi connectivity index (χ1v) is 6.11. The van der Waals surface area contributed by atoms with E-state index in [1.165, 1.54) is 25.8 Å². The highest BCUT2D eigenvalue weighted by Crippen LogP contribution is 2.25. The molecule has 1 heterocycles. The van der Waals surface area contributed by atoms with Crippen LogP contribution in [0.25, 0.3) is 0 Å². The quantitative estimate of drug-likeness (QED) is 0.728. The van der Waals surface area contributed by atoms with Gasteiger partial charge in [0.25, 0.3) is 0 Å². The van der Waals surface area contributed by atoms with Gasteiger partial charge in [0.15, 0.2) is 0 Å². The Bertz CT molecular complexity index is 156. The van der Waals surface area contributed by atoms with Gasteiger partial charge in [-0.05, 0) is 38.8 Å². The number of nitrogens with zero attached hydrogens (tertiary/aromatic N) is 1. The van der Waals surface area contributed by atoms with E-state index in [0.717, 1.165) is 24.5 Å². The van der Waals surface area contributed by atoms with Crippen LogP contribution in [0.1, 0.15) is 40.0 Å². The highest BCUT2D eigenvalue weighted by Gasteiger charge is 2.30. The predicted molar refractivity (Wildman–Crippen MR) is 62.6 cm³/mol. The molecule has 1 rings (SSSR count). The lowest BCUT2D eigenvalue weighted by molar-refractivity contribution is 0.136. The summed E-state index contributed by atoms with van der Waals surface area (Å²) in [5.74, 6) is 0.759. The third-order valence-corrected chi connectivity index (χ3v) is 3.50. The van der Waals surface area contributed by atoms with E-state index in [1.54, 1.807) is 0 Å². The Kier molecular flexibility index (Phi) is 4.90. The zero-order chi connectivity index (χ0) is 10.6. The van der Waals surface area contributed by atoms with Gasteiger partial charge in [-0.25, -0.2) is 0 Å².